The van der Waals surface area contributed by atoms with E-state index in [9.17, 15) is 9.59 Å². The molecule has 1 aromatic rings. The second-order valence-corrected chi connectivity index (χ2v) is 4.60. The number of aliphatic carboxylic acids is 1. The fourth-order valence-electron chi connectivity index (χ4n) is 1.95. The molecule has 0 aliphatic carbocycles. The molecule has 1 aromatic heterocycles. The normalized spacial score (nSPS) is 17.3. The first-order chi connectivity index (χ1) is 8.58. The van der Waals surface area contributed by atoms with Crippen molar-refractivity contribution < 1.29 is 14.7 Å². The molecule has 1 aliphatic heterocycles. The van der Waals surface area contributed by atoms with E-state index in [0.29, 0.717) is 26.1 Å². The van der Waals surface area contributed by atoms with E-state index in [1.54, 1.807) is 28.9 Å². The van der Waals surface area contributed by atoms with Crippen molar-refractivity contribution in [3.05, 3.63) is 12.4 Å². The number of carbonyl (C=O) groups excluding carboxylic acids is 1. The molecule has 1 saturated heterocycles. The Labute approximate surface area is 104 Å². The summed E-state index contributed by atoms with van der Waals surface area (Å²) in [5, 5.41) is 16.3. The Morgan fingerprint density at radius 1 is 1.50 bits per heavy atom. The van der Waals surface area contributed by atoms with Crippen molar-refractivity contribution in [2.24, 2.45) is 11.8 Å². The standard InChI is InChI=1S/C11H16N4O3/c1-8(11(17)18)9-6-14(7-9)10(16)2-4-15-5-3-12-13-15/h3,5,8-9H,2,4,6-7H2,1H3,(H,17,18). The zero-order chi connectivity index (χ0) is 13.1. The molecule has 1 atom stereocenters. The average Bonchev–Trinajstić information content (AvgIpc) is 2.76. The van der Waals surface area contributed by atoms with E-state index in [4.69, 9.17) is 5.11 Å². The van der Waals surface area contributed by atoms with Gasteiger partial charge in [-0.2, -0.15) is 0 Å². The Morgan fingerprint density at radius 2 is 2.22 bits per heavy atom. The first-order valence-corrected chi connectivity index (χ1v) is 5.92. The lowest BCUT2D eigenvalue weighted by Gasteiger charge is -2.41. The molecule has 1 fully saturated rings. The Morgan fingerprint density at radius 3 is 2.78 bits per heavy atom. The molecule has 0 bridgehead atoms. The number of rotatable bonds is 5. The van der Waals surface area contributed by atoms with Crippen molar-refractivity contribution in [3.63, 3.8) is 0 Å². The highest BCUT2D eigenvalue weighted by Gasteiger charge is 2.36. The smallest absolute Gasteiger partial charge is 0.306 e. The van der Waals surface area contributed by atoms with Crippen molar-refractivity contribution in [1.29, 1.82) is 0 Å². The van der Waals surface area contributed by atoms with Crippen molar-refractivity contribution in [2.75, 3.05) is 13.1 Å². The molecule has 98 valence electrons. The van der Waals surface area contributed by atoms with Gasteiger partial charge in [-0.25, -0.2) is 0 Å². The number of likely N-dealkylation sites (tertiary alicyclic amines) is 1. The number of aromatic nitrogens is 3. The number of hydrogen-bond acceptors (Lipinski definition) is 4. The van der Waals surface area contributed by atoms with Crippen LogP contribution in [-0.4, -0.2) is 50.0 Å². The van der Waals surface area contributed by atoms with E-state index in [-0.39, 0.29) is 17.7 Å². The minimum Gasteiger partial charge on any atom is -0.481 e. The van der Waals surface area contributed by atoms with Gasteiger partial charge in [0.25, 0.3) is 0 Å². The molecule has 1 unspecified atom stereocenters. The van der Waals surface area contributed by atoms with Crippen LogP contribution in [0.5, 0.6) is 0 Å². The van der Waals surface area contributed by atoms with E-state index in [0.717, 1.165) is 0 Å². The lowest BCUT2D eigenvalue weighted by Crippen LogP contribution is -2.53. The molecular weight excluding hydrogens is 236 g/mol. The lowest BCUT2D eigenvalue weighted by molar-refractivity contribution is -0.150. The summed E-state index contributed by atoms with van der Waals surface area (Å²) in [4.78, 5) is 24.2. The average molecular weight is 252 g/mol. The molecule has 0 saturated carbocycles. The maximum absolute atomic E-state index is 11.8. The molecule has 2 rings (SSSR count). The second-order valence-electron chi connectivity index (χ2n) is 4.60. The third kappa shape index (κ3) is 2.66. The largest absolute Gasteiger partial charge is 0.481 e. The van der Waals surface area contributed by atoms with Gasteiger partial charge in [-0.15, -0.1) is 5.10 Å². The minimum absolute atomic E-state index is 0.0411. The third-order valence-corrected chi connectivity index (χ3v) is 3.39. The van der Waals surface area contributed by atoms with Crippen LogP contribution in [0.3, 0.4) is 0 Å². The van der Waals surface area contributed by atoms with Crippen LogP contribution in [0.4, 0.5) is 0 Å². The van der Waals surface area contributed by atoms with Gasteiger partial charge in [0.15, 0.2) is 0 Å². The van der Waals surface area contributed by atoms with Crippen LogP contribution in [0.2, 0.25) is 0 Å². The van der Waals surface area contributed by atoms with E-state index in [2.05, 4.69) is 10.3 Å². The molecular formula is C11H16N4O3. The maximum Gasteiger partial charge on any atom is 0.306 e. The fourth-order valence-corrected chi connectivity index (χ4v) is 1.95. The zero-order valence-corrected chi connectivity index (χ0v) is 10.2. The molecule has 0 aromatic carbocycles. The van der Waals surface area contributed by atoms with Gasteiger partial charge in [-0.05, 0) is 0 Å². The van der Waals surface area contributed by atoms with Crippen molar-refractivity contribution >= 4 is 11.9 Å². The Bertz CT molecular complexity index is 426. The highest BCUT2D eigenvalue weighted by molar-refractivity contribution is 5.77. The molecule has 7 heteroatoms. The molecule has 1 aliphatic rings. The van der Waals surface area contributed by atoms with Crippen LogP contribution in [0.25, 0.3) is 0 Å². The summed E-state index contributed by atoms with van der Waals surface area (Å²) in [7, 11) is 0. The third-order valence-electron chi connectivity index (χ3n) is 3.39. The summed E-state index contributed by atoms with van der Waals surface area (Å²) in [5.41, 5.74) is 0. The summed E-state index contributed by atoms with van der Waals surface area (Å²) in [6.45, 7) is 3.28. The summed E-state index contributed by atoms with van der Waals surface area (Å²) in [5.74, 6) is -1.06. The van der Waals surface area contributed by atoms with Crippen LogP contribution in [-0.2, 0) is 16.1 Å². The number of carbonyl (C=O) groups is 2. The van der Waals surface area contributed by atoms with Crippen LogP contribution in [0.1, 0.15) is 13.3 Å². The Kier molecular flexibility index (Phi) is 3.59. The van der Waals surface area contributed by atoms with Gasteiger partial charge in [0, 0.05) is 31.6 Å². The molecule has 1 amide bonds. The number of carboxylic acid groups (broad SMARTS) is 1. The van der Waals surface area contributed by atoms with Gasteiger partial charge in [-0.3, -0.25) is 14.3 Å². The lowest BCUT2D eigenvalue weighted by atomic mass is 9.87. The second kappa shape index (κ2) is 5.16. The van der Waals surface area contributed by atoms with Gasteiger partial charge in [-0.1, -0.05) is 12.1 Å². The first kappa shape index (κ1) is 12.5. The van der Waals surface area contributed by atoms with Gasteiger partial charge >= 0.3 is 5.97 Å². The molecule has 2 heterocycles. The predicted molar refractivity (Wildman–Crippen MR) is 61.5 cm³/mol. The topological polar surface area (TPSA) is 88.3 Å². The summed E-state index contributed by atoms with van der Waals surface area (Å²) >= 11 is 0. The van der Waals surface area contributed by atoms with Crippen LogP contribution in [0.15, 0.2) is 12.4 Å². The van der Waals surface area contributed by atoms with Crippen LogP contribution in [0, 0.1) is 11.8 Å². The van der Waals surface area contributed by atoms with Crippen molar-refractivity contribution in [2.45, 2.75) is 19.9 Å². The van der Waals surface area contributed by atoms with Gasteiger partial charge < -0.3 is 10.0 Å². The number of nitrogens with zero attached hydrogens (tertiary/aromatic N) is 4. The number of aryl methyl sites for hydroxylation is 1. The fraction of sp³-hybridized carbons (Fsp3) is 0.636. The van der Waals surface area contributed by atoms with Gasteiger partial charge in [0.05, 0.1) is 18.7 Å². The molecule has 0 spiro atoms. The molecule has 1 N–H and O–H groups in total. The van der Waals surface area contributed by atoms with Crippen molar-refractivity contribution in [3.8, 4) is 0 Å². The zero-order valence-electron chi connectivity index (χ0n) is 10.2. The van der Waals surface area contributed by atoms with Crippen LogP contribution >= 0.6 is 0 Å². The highest BCUT2D eigenvalue weighted by Crippen LogP contribution is 2.24. The van der Waals surface area contributed by atoms with Gasteiger partial charge in [0.1, 0.15) is 0 Å². The monoisotopic (exact) mass is 252 g/mol. The Hall–Kier alpha value is -1.92. The first-order valence-electron chi connectivity index (χ1n) is 5.92. The quantitative estimate of drug-likeness (QED) is 0.787. The highest BCUT2D eigenvalue weighted by atomic mass is 16.4. The van der Waals surface area contributed by atoms with Gasteiger partial charge in [0.2, 0.25) is 5.91 Å². The SMILES string of the molecule is CC(C(=O)O)C1CN(C(=O)CCn2ccnn2)C1. The summed E-state index contributed by atoms with van der Waals surface area (Å²) in [6, 6.07) is 0. The number of hydrogen-bond donors (Lipinski definition) is 1. The number of amides is 1. The maximum atomic E-state index is 11.8. The molecule has 7 nitrogen and oxygen atoms in total. The van der Waals surface area contributed by atoms with E-state index in [1.165, 1.54) is 0 Å². The summed E-state index contributed by atoms with van der Waals surface area (Å²) < 4.78 is 1.61. The Balaban J connectivity index is 1.71. The van der Waals surface area contributed by atoms with E-state index in [1.807, 2.05) is 0 Å². The van der Waals surface area contributed by atoms with Crippen molar-refractivity contribution in [1.82, 2.24) is 19.9 Å². The number of carboxylic acids is 1. The summed E-state index contributed by atoms with van der Waals surface area (Å²) in [6.07, 6.45) is 3.65. The molecule has 18 heavy (non-hydrogen) atoms. The predicted octanol–water partition coefficient (Wildman–Crippen LogP) is -0.153. The van der Waals surface area contributed by atoms with Crippen LogP contribution < -0.4 is 0 Å². The van der Waals surface area contributed by atoms with E-state index < -0.39 is 5.97 Å². The minimum atomic E-state index is -0.797. The molecule has 0 radical (unpaired) electrons. The van der Waals surface area contributed by atoms with E-state index >= 15 is 0 Å².